The number of rotatable bonds is 7. The SMILES string of the molecule is Cc1sc2nc(CN3CCOCC3)nc(NC(C)(C)CCN3CCN(C)CC3)c2c1C. The second-order valence-corrected chi connectivity index (χ2v) is 10.9. The lowest BCUT2D eigenvalue weighted by molar-refractivity contribution is 0.0331. The van der Waals surface area contributed by atoms with Crippen LogP contribution in [0.25, 0.3) is 10.2 Å². The van der Waals surface area contributed by atoms with Crippen molar-refractivity contribution in [2.45, 2.75) is 46.2 Å². The lowest BCUT2D eigenvalue weighted by Gasteiger charge is -2.35. The maximum Gasteiger partial charge on any atom is 0.146 e. The minimum atomic E-state index is -0.0385. The number of fused-ring (bicyclic) bond motifs is 1. The van der Waals surface area contributed by atoms with E-state index in [1.165, 1.54) is 28.9 Å². The van der Waals surface area contributed by atoms with Gasteiger partial charge >= 0.3 is 0 Å². The first-order valence-corrected chi connectivity index (χ1v) is 12.4. The van der Waals surface area contributed by atoms with Crippen LogP contribution in [0.2, 0.25) is 0 Å². The summed E-state index contributed by atoms with van der Waals surface area (Å²) in [5, 5.41) is 5.01. The van der Waals surface area contributed by atoms with Crippen molar-refractivity contribution in [1.82, 2.24) is 24.7 Å². The van der Waals surface area contributed by atoms with Crippen molar-refractivity contribution in [2.75, 3.05) is 71.4 Å². The number of ether oxygens (including phenoxy) is 1. The van der Waals surface area contributed by atoms with E-state index in [2.05, 4.69) is 54.8 Å². The predicted octanol–water partition coefficient (Wildman–Crippen LogP) is 2.97. The molecular weight excluding hydrogens is 408 g/mol. The fourth-order valence-corrected chi connectivity index (χ4v) is 5.35. The minimum absolute atomic E-state index is 0.0385. The second kappa shape index (κ2) is 9.67. The summed E-state index contributed by atoms with van der Waals surface area (Å²) in [5.41, 5.74) is 1.26. The molecule has 0 unspecified atom stereocenters. The van der Waals surface area contributed by atoms with E-state index < -0.39 is 0 Å². The number of thiophene rings is 1. The Kier molecular flexibility index (Phi) is 7.13. The third-order valence-electron chi connectivity index (χ3n) is 6.65. The first-order chi connectivity index (χ1) is 14.8. The highest BCUT2D eigenvalue weighted by Gasteiger charge is 2.24. The molecule has 0 aliphatic carbocycles. The van der Waals surface area contributed by atoms with Crippen LogP contribution in [0.5, 0.6) is 0 Å². The third-order valence-corrected chi connectivity index (χ3v) is 7.75. The Morgan fingerprint density at radius 1 is 1.00 bits per heavy atom. The zero-order valence-electron chi connectivity index (χ0n) is 19.8. The lowest BCUT2D eigenvalue weighted by atomic mass is 9.99. The summed E-state index contributed by atoms with van der Waals surface area (Å²) in [6.07, 6.45) is 1.09. The number of nitrogens with zero attached hydrogens (tertiary/aromatic N) is 5. The summed E-state index contributed by atoms with van der Waals surface area (Å²) < 4.78 is 5.50. The van der Waals surface area contributed by atoms with Crippen molar-refractivity contribution in [3.05, 3.63) is 16.3 Å². The molecule has 7 nitrogen and oxygen atoms in total. The lowest BCUT2D eigenvalue weighted by Crippen LogP contribution is -2.46. The van der Waals surface area contributed by atoms with Gasteiger partial charge in [0.1, 0.15) is 16.5 Å². The number of aromatic nitrogens is 2. The standard InChI is InChI=1S/C23H38N6OS/c1-17-18(2)31-22-20(17)21(24-19(25-22)16-29-12-14-30-15-13-29)26-23(3,4)6-7-28-10-8-27(5)9-11-28/h6-16H2,1-5H3,(H,24,25,26). The Balaban J connectivity index is 1.51. The van der Waals surface area contributed by atoms with E-state index in [-0.39, 0.29) is 5.54 Å². The smallest absolute Gasteiger partial charge is 0.146 e. The van der Waals surface area contributed by atoms with Gasteiger partial charge in [0.2, 0.25) is 0 Å². The number of morpholine rings is 1. The van der Waals surface area contributed by atoms with Gasteiger partial charge in [-0.1, -0.05) is 0 Å². The molecule has 2 aliphatic heterocycles. The normalized spacial score (nSPS) is 19.9. The van der Waals surface area contributed by atoms with E-state index in [1.54, 1.807) is 11.3 Å². The van der Waals surface area contributed by atoms with Gasteiger partial charge in [0, 0.05) is 56.2 Å². The van der Waals surface area contributed by atoms with Gasteiger partial charge in [-0.25, -0.2) is 9.97 Å². The van der Waals surface area contributed by atoms with E-state index >= 15 is 0 Å². The molecule has 4 heterocycles. The van der Waals surface area contributed by atoms with Gasteiger partial charge in [-0.05, 0) is 46.7 Å². The maximum absolute atomic E-state index is 5.50. The average Bonchev–Trinajstić information content (AvgIpc) is 3.02. The molecule has 1 N–H and O–H groups in total. The number of piperazine rings is 1. The van der Waals surface area contributed by atoms with Crippen molar-refractivity contribution in [3.8, 4) is 0 Å². The fraction of sp³-hybridized carbons (Fsp3) is 0.739. The summed E-state index contributed by atoms with van der Waals surface area (Å²) in [5.74, 6) is 1.91. The molecule has 172 valence electrons. The van der Waals surface area contributed by atoms with Gasteiger partial charge in [0.05, 0.1) is 25.1 Å². The van der Waals surface area contributed by atoms with Gasteiger partial charge in [-0.3, -0.25) is 4.90 Å². The Morgan fingerprint density at radius 3 is 2.42 bits per heavy atom. The van der Waals surface area contributed by atoms with Crippen molar-refractivity contribution >= 4 is 27.4 Å². The van der Waals surface area contributed by atoms with E-state index in [4.69, 9.17) is 14.7 Å². The summed E-state index contributed by atoms with van der Waals surface area (Å²) >= 11 is 1.78. The minimum Gasteiger partial charge on any atom is -0.379 e. The average molecular weight is 447 g/mol. The molecule has 31 heavy (non-hydrogen) atoms. The summed E-state index contributed by atoms with van der Waals surface area (Å²) in [4.78, 5) is 19.8. The number of anilines is 1. The van der Waals surface area contributed by atoms with Crippen molar-refractivity contribution in [3.63, 3.8) is 0 Å². The highest BCUT2D eigenvalue weighted by atomic mass is 32.1. The van der Waals surface area contributed by atoms with E-state index in [0.717, 1.165) is 75.4 Å². The molecule has 0 radical (unpaired) electrons. The summed E-state index contributed by atoms with van der Waals surface area (Å²) in [7, 11) is 2.21. The van der Waals surface area contributed by atoms with Crippen molar-refractivity contribution in [1.29, 1.82) is 0 Å². The van der Waals surface area contributed by atoms with Crippen LogP contribution in [0.3, 0.4) is 0 Å². The maximum atomic E-state index is 5.50. The van der Waals surface area contributed by atoms with E-state index in [9.17, 15) is 0 Å². The molecule has 0 atom stereocenters. The van der Waals surface area contributed by atoms with Crippen LogP contribution in [-0.4, -0.2) is 96.3 Å². The molecule has 8 heteroatoms. The third kappa shape index (κ3) is 5.73. The quantitative estimate of drug-likeness (QED) is 0.702. The van der Waals surface area contributed by atoms with Gasteiger partial charge in [-0.15, -0.1) is 11.3 Å². The Bertz CT molecular complexity index is 884. The summed E-state index contributed by atoms with van der Waals surface area (Å²) in [6.45, 7) is 19.0. The highest BCUT2D eigenvalue weighted by Crippen LogP contribution is 2.35. The first kappa shape index (κ1) is 22.9. The molecule has 2 aromatic heterocycles. The van der Waals surface area contributed by atoms with Crippen LogP contribution >= 0.6 is 11.3 Å². The number of nitrogens with one attached hydrogen (secondary N) is 1. The number of hydrogen-bond donors (Lipinski definition) is 1. The van der Waals surface area contributed by atoms with Gasteiger partial charge in [-0.2, -0.15) is 0 Å². The Hall–Kier alpha value is -1.32. The van der Waals surface area contributed by atoms with Crippen LogP contribution in [0.15, 0.2) is 0 Å². The zero-order chi connectivity index (χ0) is 22.0. The van der Waals surface area contributed by atoms with Crippen LogP contribution < -0.4 is 5.32 Å². The van der Waals surface area contributed by atoms with Crippen LogP contribution in [-0.2, 0) is 11.3 Å². The first-order valence-electron chi connectivity index (χ1n) is 11.6. The van der Waals surface area contributed by atoms with Crippen LogP contribution in [0, 0.1) is 13.8 Å². The fourth-order valence-electron chi connectivity index (χ4n) is 4.31. The Labute approximate surface area is 190 Å². The largest absolute Gasteiger partial charge is 0.379 e. The molecule has 2 fully saturated rings. The van der Waals surface area contributed by atoms with Gasteiger partial charge in [0.25, 0.3) is 0 Å². The number of aryl methyl sites for hydroxylation is 2. The molecule has 0 aromatic carbocycles. The molecule has 2 saturated heterocycles. The number of hydrogen-bond acceptors (Lipinski definition) is 8. The van der Waals surface area contributed by atoms with Gasteiger partial charge in [0.15, 0.2) is 0 Å². The van der Waals surface area contributed by atoms with Crippen molar-refractivity contribution in [2.24, 2.45) is 0 Å². The molecule has 4 rings (SSSR count). The number of likely N-dealkylation sites (N-methyl/N-ethyl adjacent to an activating group) is 1. The zero-order valence-corrected chi connectivity index (χ0v) is 20.6. The molecule has 0 spiro atoms. The van der Waals surface area contributed by atoms with Crippen LogP contribution in [0.4, 0.5) is 5.82 Å². The molecule has 0 saturated carbocycles. The molecule has 0 bridgehead atoms. The summed E-state index contributed by atoms with van der Waals surface area (Å²) in [6, 6.07) is 0. The molecule has 2 aromatic rings. The predicted molar refractivity (Wildman–Crippen MR) is 129 cm³/mol. The molecular formula is C23H38N6OS. The van der Waals surface area contributed by atoms with Crippen molar-refractivity contribution < 1.29 is 4.74 Å². The molecule has 0 amide bonds. The van der Waals surface area contributed by atoms with E-state index in [1.807, 2.05) is 0 Å². The van der Waals surface area contributed by atoms with E-state index in [0.29, 0.717) is 0 Å². The van der Waals surface area contributed by atoms with Crippen LogP contribution in [0.1, 0.15) is 36.5 Å². The van der Waals surface area contributed by atoms with Gasteiger partial charge < -0.3 is 19.9 Å². The monoisotopic (exact) mass is 446 g/mol. The molecule has 2 aliphatic rings. The Morgan fingerprint density at radius 2 is 1.71 bits per heavy atom. The topological polar surface area (TPSA) is 56.8 Å². The highest BCUT2D eigenvalue weighted by molar-refractivity contribution is 7.18. The second-order valence-electron chi connectivity index (χ2n) is 9.74.